The second-order valence-corrected chi connectivity index (χ2v) is 22.6. The summed E-state index contributed by atoms with van der Waals surface area (Å²) in [6.45, 7) is 0. The zero-order valence-electron chi connectivity index (χ0n) is 47.9. The van der Waals surface area contributed by atoms with Crippen LogP contribution in [0.25, 0.3) is 154 Å². The van der Waals surface area contributed by atoms with Crippen molar-refractivity contribution in [3.63, 3.8) is 0 Å². The molecule has 88 heavy (non-hydrogen) atoms. The lowest BCUT2D eigenvalue weighted by Crippen LogP contribution is -1.94. The Bertz CT molecular complexity index is 5290. The molecule has 0 aliphatic rings. The van der Waals surface area contributed by atoms with Crippen LogP contribution < -0.4 is 0 Å². The summed E-state index contributed by atoms with van der Waals surface area (Å²) in [5, 5.41) is 10.1. The average Bonchev–Trinajstić information content (AvgIpc) is 2.78. The van der Waals surface area contributed by atoms with Gasteiger partial charge in [-0.3, -0.25) is 9.97 Å². The molecule has 18 aromatic rings. The maximum atomic E-state index is 4.29. The van der Waals surface area contributed by atoms with Gasteiger partial charge in [0.05, 0.1) is 44.1 Å². The van der Waals surface area contributed by atoms with Crippen molar-refractivity contribution in [2.45, 2.75) is 0 Å². The second-order valence-electron chi connectivity index (χ2n) is 22.6. The van der Waals surface area contributed by atoms with E-state index in [4.69, 9.17) is 0 Å². The van der Waals surface area contributed by atoms with Crippen molar-refractivity contribution < 1.29 is 0 Å². The van der Waals surface area contributed by atoms with Crippen LogP contribution in [0.1, 0.15) is 0 Å². The number of pyridine rings is 2. The molecule has 0 amide bonds. The van der Waals surface area contributed by atoms with Gasteiger partial charge < -0.3 is 18.3 Å². The molecular weight excluding hydrogens is 1070 g/mol. The first kappa shape index (κ1) is 50.6. The van der Waals surface area contributed by atoms with Gasteiger partial charge in [0, 0.05) is 90.6 Å². The summed E-state index contributed by atoms with van der Waals surface area (Å²) >= 11 is 0. The first-order valence-corrected chi connectivity index (χ1v) is 29.9. The van der Waals surface area contributed by atoms with Gasteiger partial charge in [0.25, 0.3) is 0 Å². The van der Waals surface area contributed by atoms with Crippen LogP contribution in [-0.2, 0) is 0 Å². The molecule has 0 aliphatic heterocycles. The molecule has 6 aromatic heterocycles. The predicted octanol–water partition coefficient (Wildman–Crippen LogP) is 21.2. The first-order valence-electron chi connectivity index (χ1n) is 29.9. The van der Waals surface area contributed by atoms with Crippen molar-refractivity contribution in [2.24, 2.45) is 0 Å². The third kappa shape index (κ3) is 8.49. The number of hydrogen-bond acceptors (Lipinski definition) is 2. The maximum absolute atomic E-state index is 4.29. The van der Waals surface area contributed by atoms with E-state index in [2.05, 4.69) is 313 Å². The number of para-hydroxylation sites is 6. The zero-order valence-corrected chi connectivity index (χ0v) is 47.9. The van der Waals surface area contributed by atoms with Gasteiger partial charge in [-0.25, -0.2) is 0 Å². The molecular formula is C82H54N6. The number of hydrogen-bond donors (Lipinski definition) is 0. The fourth-order valence-corrected chi connectivity index (χ4v) is 13.6. The van der Waals surface area contributed by atoms with Crippen LogP contribution in [0.4, 0.5) is 0 Å². The number of aromatic nitrogens is 6. The highest BCUT2D eigenvalue weighted by molar-refractivity contribution is 6.15. The fraction of sp³-hybridized carbons (Fsp3) is 0. The lowest BCUT2D eigenvalue weighted by atomic mass is 10.0. The third-order valence-electron chi connectivity index (χ3n) is 17.6. The van der Waals surface area contributed by atoms with Crippen LogP contribution in [0, 0.1) is 0 Å². The molecule has 0 aliphatic carbocycles. The highest BCUT2D eigenvalue weighted by Gasteiger charge is 2.19. The summed E-state index contributed by atoms with van der Waals surface area (Å²) in [5.41, 5.74) is 23.8. The molecule has 0 saturated heterocycles. The van der Waals surface area contributed by atoms with E-state index >= 15 is 0 Å². The van der Waals surface area contributed by atoms with Crippen molar-refractivity contribution in [1.82, 2.24) is 28.2 Å². The molecule has 6 nitrogen and oxygen atoms in total. The van der Waals surface area contributed by atoms with Crippen molar-refractivity contribution in [3.05, 3.63) is 328 Å². The standard InChI is InChI=1S/2C41H27N3/c1-2-10-32(11-3-1)43-38-14-6-4-12-34(38)36-25-29(18-22-40(36)43)30-19-23-41-37(26-30)35-13-5-7-15-39(35)44(41)33-20-16-28(17-21-33)31-9-8-24-42-27-31;1-2-8-32(9-3-1)43-38-12-6-4-10-34(38)36-26-30(16-20-40(36)43)31-17-21-41-37(27-31)35-11-5-7-13-39(35)44(41)33-18-14-28(15-19-33)29-22-24-42-25-23-29/h2*1-27H. The molecule has 0 bridgehead atoms. The van der Waals surface area contributed by atoms with Crippen molar-refractivity contribution in [1.29, 1.82) is 0 Å². The van der Waals surface area contributed by atoms with Gasteiger partial charge in [0.1, 0.15) is 0 Å². The van der Waals surface area contributed by atoms with Crippen LogP contribution in [-0.4, -0.2) is 28.2 Å². The molecule has 12 aromatic carbocycles. The van der Waals surface area contributed by atoms with E-state index < -0.39 is 0 Å². The molecule has 6 heteroatoms. The molecule has 6 heterocycles. The van der Waals surface area contributed by atoms with Crippen LogP contribution in [0.5, 0.6) is 0 Å². The molecule has 0 atom stereocenters. The summed E-state index contributed by atoms with van der Waals surface area (Å²) in [5.74, 6) is 0. The van der Waals surface area contributed by atoms with Crippen LogP contribution >= 0.6 is 0 Å². The minimum Gasteiger partial charge on any atom is -0.309 e. The van der Waals surface area contributed by atoms with Gasteiger partial charge in [-0.2, -0.15) is 0 Å². The predicted molar refractivity (Wildman–Crippen MR) is 368 cm³/mol. The molecule has 18 rings (SSSR count). The lowest BCUT2D eigenvalue weighted by Gasteiger charge is -2.10. The van der Waals surface area contributed by atoms with Gasteiger partial charge in [0.15, 0.2) is 0 Å². The highest BCUT2D eigenvalue weighted by Crippen LogP contribution is 2.41. The summed E-state index contributed by atoms with van der Waals surface area (Å²) in [6.07, 6.45) is 7.40. The number of nitrogens with zero attached hydrogens (tertiary/aromatic N) is 6. The first-order chi connectivity index (χ1) is 43.7. The normalized spacial score (nSPS) is 11.6. The van der Waals surface area contributed by atoms with E-state index in [1.165, 1.54) is 132 Å². The van der Waals surface area contributed by atoms with Crippen LogP contribution in [0.3, 0.4) is 0 Å². The molecule has 412 valence electrons. The van der Waals surface area contributed by atoms with E-state index in [9.17, 15) is 0 Å². The van der Waals surface area contributed by atoms with Gasteiger partial charge >= 0.3 is 0 Å². The van der Waals surface area contributed by atoms with Gasteiger partial charge in [-0.15, -0.1) is 0 Å². The Morgan fingerprint density at radius 3 is 0.795 bits per heavy atom. The minimum atomic E-state index is 1.12. The number of rotatable bonds is 8. The topological polar surface area (TPSA) is 45.5 Å². The summed E-state index contributed by atoms with van der Waals surface area (Å²) < 4.78 is 9.48. The van der Waals surface area contributed by atoms with E-state index in [1.807, 2.05) is 43.0 Å². The average molecular weight is 1120 g/mol. The highest BCUT2D eigenvalue weighted by atomic mass is 15.0. The van der Waals surface area contributed by atoms with Crippen molar-refractivity contribution in [3.8, 4) is 67.3 Å². The molecule has 0 fully saturated rings. The SMILES string of the molecule is c1ccc(-n2c3ccccc3c3cc(-c4ccc5c(c4)c4ccccc4n5-c4ccc(-c5cccnc5)cc4)ccc32)cc1.c1ccc(-n2c3ccccc3c3cc(-c4ccc5c(c4)c4ccccc4n5-c4ccc(-c5ccncc5)cc4)ccc32)cc1. The molecule has 0 N–H and O–H groups in total. The van der Waals surface area contributed by atoms with Gasteiger partial charge in [-0.05, 0) is 184 Å². The fourth-order valence-electron chi connectivity index (χ4n) is 13.6. The minimum absolute atomic E-state index is 1.12. The Balaban J connectivity index is 0.000000137. The largest absolute Gasteiger partial charge is 0.309 e. The third-order valence-corrected chi connectivity index (χ3v) is 17.6. The van der Waals surface area contributed by atoms with Crippen molar-refractivity contribution in [2.75, 3.05) is 0 Å². The van der Waals surface area contributed by atoms with E-state index in [0.717, 1.165) is 22.5 Å². The Labute approximate surface area is 508 Å². The quantitative estimate of drug-likeness (QED) is 0.152. The van der Waals surface area contributed by atoms with Gasteiger partial charge in [-0.1, -0.05) is 164 Å². The second kappa shape index (κ2) is 21.0. The molecule has 0 saturated carbocycles. The molecule has 0 spiro atoms. The van der Waals surface area contributed by atoms with E-state index in [1.54, 1.807) is 0 Å². The van der Waals surface area contributed by atoms with E-state index in [0.29, 0.717) is 0 Å². The van der Waals surface area contributed by atoms with Crippen molar-refractivity contribution >= 4 is 87.2 Å². The smallest absolute Gasteiger partial charge is 0.0541 e. The number of fused-ring (bicyclic) bond motifs is 12. The van der Waals surface area contributed by atoms with Gasteiger partial charge in [0.2, 0.25) is 0 Å². The molecule has 0 unspecified atom stereocenters. The van der Waals surface area contributed by atoms with Crippen LogP contribution in [0.2, 0.25) is 0 Å². The lowest BCUT2D eigenvalue weighted by molar-refractivity contribution is 1.18. The molecule has 0 radical (unpaired) electrons. The Morgan fingerprint density at radius 2 is 0.455 bits per heavy atom. The number of benzene rings is 12. The summed E-state index contributed by atoms with van der Waals surface area (Å²) in [7, 11) is 0. The summed E-state index contributed by atoms with van der Waals surface area (Å²) in [6, 6.07) is 109. The Morgan fingerprint density at radius 1 is 0.170 bits per heavy atom. The summed E-state index contributed by atoms with van der Waals surface area (Å²) in [4.78, 5) is 8.45. The monoisotopic (exact) mass is 1120 g/mol. The van der Waals surface area contributed by atoms with Crippen LogP contribution in [0.15, 0.2) is 328 Å². The Kier molecular flexibility index (Phi) is 12.1. The maximum Gasteiger partial charge on any atom is 0.0541 e. The zero-order chi connectivity index (χ0) is 58.1. The Hall–Kier alpha value is -11.9. The van der Waals surface area contributed by atoms with E-state index in [-0.39, 0.29) is 0 Å².